The Morgan fingerprint density at radius 1 is 1.62 bits per heavy atom. The fraction of sp³-hybridized carbons (Fsp3) is 0.375. The topological polar surface area (TPSA) is 105 Å². The van der Waals surface area contributed by atoms with Crippen molar-refractivity contribution in [2.75, 3.05) is 17.3 Å². The van der Waals surface area contributed by atoms with Crippen molar-refractivity contribution in [3.63, 3.8) is 0 Å². The molecule has 0 radical (unpaired) electrons. The highest BCUT2D eigenvalue weighted by molar-refractivity contribution is 5.79. The third-order valence-corrected chi connectivity index (χ3v) is 2.19. The second-order valence-corrected chi connectivity index (χ2v) is 3.38. The van der Waals surface area contributed by atoms with Gasteiger partial charge in [-0.3, -0.25) is 10.2 Å². The molecule has 1 unspecified atom stereocenters. The maximum atomic E-state index is 13.3. The lowest BCUT2D eigenvalue weighted by atomic mass is 10.2. The number of nitrogen functional groups attached to an aromatic ring is 1. The van der Waals surface area contributed by atoms with Crippen LogP contribution >= 0.6 is 0 Å². The van der Waals surface area contributed by atoms with Gasteiger partial charge in [-0.1, -0.05) is 0 Å². The minimum absolute atomic E-state index is 0.0319. The van der Waals surface area contributed by atoms with Gasteiger partial charge in [0.1, 0.15) is 0 Å². The molecule has 0 spiro atoms. The first kappa shape index (κ1) is 10.6. The van der Waals surface area contributed by atoms with Crippen molar-refractivity contribution in [3.05, 3.63) is 12.0 Å². The second-order valence-electron chi connectivity index (χ2n) is 3.38. The Morgan fingerprint density at radius 2 is 2.44 bits per heavy atom. The largest absolute Gasteiger partial charge is 0.362 e. The number of aromatic nitrogens is 2. The Kier molecular flexibility index (Phi) is 2.82. The van der Waals surface area contributed by atoms with Crippen molar-refractivity contribution in [2.45, 2.75) is 12.5 Å². The number of halogens is 1. The van der Waals surface area contributed by atoms with Crippen molar-refractivity contribution in [1.29, 1.82) is 0 Å². The molecule has 1 aliphatic rings. The Bertz CT molecular complexity index is 412. The van der Waals surface area contributed by atoms with Gasteiger partial charge in [-0.05, 0) is 0 Å². The minimum Gasteiger partial charge on any atom is -0.362 e. The van der Waals surface area contributed by atoms with Crippen LogP contribution in [-0.2, 0) is 4.79 Å². The Labute approximate surface area is 90.6 Å². The lowest BCUT2D eigenvalue weighted by Gasteiger charge is -2.12. The minimum atomic E-state index is -0.585. The molecule has 1 amide bonds. The van der Waals surface area contributed by atoms with Gasteiger partial charge in [0.15, 0.2) is 11.6 Å². The third-order valence-electron chi connectivity index (χ3n) is 2.19. The van der Waals surface area contributed by atoms with E-state index in [-0.39, 0.29) is 23.7 Å². The van der Waals surface area contributed by atoms with E-state index in [4.69, 9.17) is 5.84 Å². The molecule has 1 fully saturated rings. The van der Waals surface area contributed by atoms with Gasteiger partial charge in [-0.15, -0.1) is 0 Å². The fourth-order valence-electron chi connectivity index (χ4n) is 1.44. The zero-order chi connectivity index (χ0) is 11.5. The molecule has 5 N–H and O–H groups in total. The predicted octanol–water partition coefficient (Wildman–Crippen LogP) is -0.798. The van der Waals surface area contributed by atoms with Gasteiger partial charge in [-0.2, -0.15) is 4.98 Å². The summed E-state index contributed by atoms with van der Waals surface area (Å²) < 4.78 is 13.3. The lowest BCUT2D eigenvalue weighted by molar-refractivity contribution is -0.119. The molecule has 1 atom stereocenters. The van der Waals surface area contributed by atoms with Crippen LogP contribution in [0.4, 0.5) is 16.2 Å². The van der Waals surface area contributed by atoms with Crippen molar-refractivity contribution in [2.24, 2.45) is 5.84 Å². The Balaban J connectivity index is 2.11. The van der Waals surface area contributed by atoms with Gasteiger partial charge >= 0.3 is 0 Å². The van der Waals surface area contributed by atoms with Crippen LogP contribution in [0.1, 0.15) is 6.42 Å². The van der Waals surface area contributed by atoms with E-state index in [1.807, 2.05) is 0 Å². The van der Waals surface area contributed by atoms with Crippen molar-refractivity contribution < 1.29 is 9.18 Å². The first-order valence-corrected chi connectivity index (χ1v) is 4.71. The zero-order valence-corrected chi connectivity index (χ0v) is 8.33. The van der Waals surface area contributed by atoms with E-state index in [0.717, 1.165) is 6.20 Å². The number of amides is 1. The number of anilines is 2. The zero-order valence-electron chi connectivity index (χ0n) is 8.33. The van der Waals surface area contributed by atoms with Gasteiger partial charge in [-0.25, -0.2) is 15.2 Å². The Hall–Kier alpha value is -1.96. The van der Waals surface area contributed by atoms with E-state index in [9.17, 15) is 9.18 Å². The van der Waals surface area contributed by atoms with E-state index in [0.29, 0.717) is 13.0 Å². The maximum absolute atomic E-state index is 13.3. The summed E-state index contributed by atoms with van der Waals surface area (Å²) in [6, 6.07) is -0.164. The average molecular weight is 226 g/mol. The number of carbonyl (C=O) groups is 1. The molecule has 0 aromatic carbocycles. The van der Waals surface area contributed by atoms with Crippen LogP contribution in [0.3, 0.4) is 0 Å². The van der Waals surface area contributed by atoms with Crippen LogP contribution in [0.2, 0.25) is 0 Å². The molecule has 16 heavy (non-hydrogen) atoms. The van der Waals surface area contributed by atoms with Crippen LogP contribution in [0, 0.1) is 5.82 Å². The SMILES string of the molecule is NNc1ncc(F)c(NC2CNC(=O)C2)n1. The summed E-state index contributed by atoms with van der Waals surface area (Å²) in [5.74, 6) is 4.60. The molecule has 1 aromatic rings. The summed E-state index contributed by atoms with van der Waals surface area (Å²) in [7, 11) is 0. The van der Waals surface area contributed by atoms with Gasteiger partial charge in [0.25, 0.3) is 0 Å². The summed E-state index contributed by atoms with van der Waals surface area (Å²) in [6.45, 7) is 0.452. The predicted molar refractivity (Wildman–Crippen MR) is 54.8 cm³/mol. The van der Waals surface area contributed by atoms with Crippen LogP contribution in [-0.4, -0.2) is 28.5 Å². The molecular weight excluding hydrogens is 215 g/mol. The van der Waals surface area contributed by atoms with Crippen LogP contribution in [0.5, 0.6) is 0 Å². The maximum Gasteiger partial charge on any atom is 0.239 e. The van der Waals surface area contributed by atoms with E-state index in [1.165, 1.54) is 0 Å². The number of nitrogens with two attached hydrogens (primary N) is 1. The van der Waals surface area contributed by atoms with Crippen LogP contribution < -0.4 is 21.9 Å². The average Bonchev–Trinajstić information content (AvgIpc) is 2.67. The first-order valence-electron chi connectivity index (χ1n) is 4.71. The standard InChI is InChI=1S/C8H11FN6O/c9-5-3-12-8(15-10)14-7(5)13-4-1-6(16)11-2-4/h3-4H,1-2,10H2,(H,11,16)(H2,12,13,14,15). The third kappa shape index (κ3) is 2.16. The van der Waals surface area contributed by atoms with Crippen LogP contribution in [0.25, 0.3) is 0 Å². The number of rotatable bonds is 3. The second kappa shape index (κ2) is 4.27. The summed E-state index contributed by atoms with van der Waals surface area (Å²) in [6.07, 6.45) is 1.31. The Morgan fingerprint density at radius 3 is 3.06 bits per heavy atom. The monoisotopic (exact) mass is 226 g/mol. The first-order chi connectivity index (χ1) is 7.69. The summed E-state index contributed by atoms with van der Waals surface area (Å²) in [4.78, 5) is 18.4. The molecule has 0 bridgehead atoms. The summed E-state index contributed by atoms with van der Waals surface area (Å²) in [5, 5.41) is 5.44. The van der Waals surface area contributed by atoms with Crippen LogP contribution in [0.15, 0.2) is 6.20 Å². The molecule has 86 valence electrons. The molecule has 1 aliphatic heterocycles. The fourth-order valence-corrected chi connectivity index (χ4v) is 1.44. The number of hydrogen-bond acceptors (Lipinski definition) is 6. The van der Waals surface area contributed by atoms with Gasteiger partial charge < -0.3 is 10.6 Å². The lowest BCUT2D eigenvalue weighted by Crippen LogP contribution is -2.24. The number of hydrogen-bond donors (Lipinski definition) is 4. The molecule has 2 rings (SSSR count). The smallest absolute Gasteiger partial charge is 0.239 e. The van der Waals surface area contributed by atoms with E-state index < -0.39 is 5.82 Å². The van der Waals surface area contributed by atoms with E-state index in [2.05, 4.69) is 26.0 Å². The van der Waals surface area contributed by atoms with E-state index in [1.54, 1.807) is 0 Å². The normalized spacial score (nSPS) is 19.4. The molecular formula is C8H11FN6O. The quantitative estimate of drug-likeness (QED) is 0.397. The van der Waals surface area contributed by atoms with Gasteiger partial charge in [0, 0.05) is 13.0 Å². The highest BCUT2D eigenvalue weighted by atomic mass is 19.1. The number of nitrogens with one attached hydrogen (secondary N) is 3. The summed E-state index contributed by atoms with van der Waals surface area (Å²) in [5.41, 5.74) is 2.22. The molecule has 8 heteroatoms. The molecule has 1 saturated heterocycles. The molecule has 2 heterocycles. The van der Waals surface area contributed by atoms with Crippen molar-refractivity contribution >= 4 is 17.7 Å². The number of nitrogens with zero attached hydrogens (tertiary/aromatic N) is 2. The van der Waals surface area contributed by atoms with Gasteiger partial charge in [0.05, 0.1) is 12.2 Å². The molecule has 7 nitrogen and oxygen atoms in total. The highest BCUT2D eigenvalue weighted by Gasteiger charge is 2.22. The number of hydrazine groups is 1. The van der Waals surface area contributed by atoms with Gasteiger partial charge in [0.2, 0.25) is 11.9 Å². The molecule has 0 saturated carbocycles. The van der Waals surface area contributed by atoms with E-state index >= 15 is 0 Å². The molecule has 0 aliphatic carbocycles. The summed E-state index contributed by atoms with van der Waals surface area (Å²) >= 11 is 0. The number of carbonyl (C=O) groups excluding carboxylic acids is 1. The highest BCUT2D eigenvalue weighted by Crippen LogP contribution is 2.14. The molecule has 1 aromatic heterocycles. The van der Waals surface area contributed by atoms with Crippen molar-refractivity contribution in [3.8, 4) is 0 Å². The van der Waals surface area contributed by atoms with Crippen molar-refractivity contribution in [1.82, 2.24) is 15.3 Å².